The summed E-state index contributed by atoms with van der Waals surface area (Å²) in [6.45, 7) is 1.09. The molecule has 0 amide bonds. The van der Waals surface area contributed by atoms with Gasteiger partial charge < -0.3 is 14.9 Å². The Balaban J connectivity index is 3.74. The van der Waals surface area contributed by atoms with Crippen molar-refractivity contribution < 1.29 is 19.7 Å². The van der Waals surface area contributed by atoms with Crippen LogP contribution in [0.4, 0.5) is 0 Å². The molecule has 0 fully saturated rings. The monoisotopic (exact) mass is 186 g/mol. The number of carbonyl (C=O) groups excluding carboxylic acids is 1. The molecule has 4 heteroatoms. The van der Waals surface area contributed by atoms with Crippen LogP contribution in [0.25, 0.3) is 0 Å². The average Bonchev–Trinajstić information content (AvgIpc) is 2.11. The van der Waals surface area contributed by atoms with Crippen molar-refractivity contribution in [1.82, 2.24) is 0 Å². The first-order valence-corrected chi connectivity index (χ1v) is 4.00. The number of esters is 1. The SMILES string of the molecule is C#CC(CCOC(C)=O)C(O)CO. The smallest absolute Gasteiger partial charge is 0.302 e. The van der Waals surface area contributed by atoms with Crippen LogP contribution in [-0.4, -0.2) is 35.5 Å². The number of aliphatic hydroxyl groups is 2. The van der Waals surface area contributed by atoms with Crippen molar-refractivity contribution in [3.05, 3.63) is 0 Å². The Hall–Kier alpha value is -1.05. The second kappa shape index (κ2) is 6.46. The van der Waals surface area contributed by atoms with Gasteiger partial charge in [0.25, 0.3) is 0 Å². The van der Waals surface area contributed by atoms with Gasteiger partial charge >= 0.3 is 5.97 Å². The zero-order valence-electron chi connectivity index (χ0n) is 7.56. The van der Waals surface area contributed by atoms with E-state index in [1.54, 1.807) is 0 Å². The summed E-state index contributed by atoms with van der Waals surface area (Å²) < 4.78 is 4.64. The van der Waals surface area contributed by atoms with Crippen LogP contribution < -0.4 is 0 Å². The molecular weight excluding hydrogens is 172 g/mol. The molecule has 13 heavy (non-hydrogen) atoms. The number of rotatable bonds is 5. The summed E-state index contributed by atoms with van der Waals surface area (Å²) in [5.74, 6) is 1.48. The van der Waals surface area contributed by atoms with Gasteiger partial charge in [-0.25, -0.2) is 0 Å². The topological polar surface area (TPSA) is 66.8 Å². The minimum Gasteiger partial charge on any atom is -0.466 e. The second-order valence-electron chi connectivity index (χ2n) is 2.65. The Morgan fingerprint density at radius 3 is 2.69 bits per heavy atom. The number of aliphatic hydroxyl groups excluding tert-OH is 2. The van der Waals surface area contributed by atoms with Crippen molar-refractivity contribution in [2.45, 2.75) is 19.4 Å². The number of hydrogen-bond acceptors (Lipinski definition) is 4. The Labute approximate surface area is 77.5 Å². The molecule has 0 bridgehead atoms. The highest BCUT2D eigenvalue weighted by molar-refractivity contribution is 5.65. The van der Waals surface area contributed by atoms with E-state index in [1.165, 1.54) is 6.92 Å². The van der Waals surface area contributed by atoms with Gasteiger partial charge in [-0.2, -0.15) is 0 Å². The maximum atomic E-state index is 10.4. The third kappa shape index (κ3) is 5.23. The van der Waals surface area contributed by atoms with Gasteiger partial charge in [0.2, 0.25) is 0 Å². The molecule has 0 aromatic carbocycles. The lowest BCUT2D eigenvalue weighted by atomic mass is 10.0. The molecule has 0 rings (SSSR count). The molecule has 0 spiro atoms. The van der Waals surface area contributed by atoms with Crippen molar-refractivity contribution in [3.63, 3.8) is 0 Å². The van der Waals surface area contributed by atoms with Gasteiger partial charge in [-0.05, 0) is 6.42 Å². The van der Waals surface area contributed by atoms with Gasteiger partial charge in [0.05, 0.1) is 25.2 Å². The highest BCUT2D eigenvalue weighted by Crippen LogP contribution is 2.07. The fraction of sp³-hybridized carbons (Fsp3) is 0.667. The minimum absolute atomic E-state index is 0.168. The molecule has 0 aromatic rings. The summed E-state index contributed by atoms with van der Waals surface area (Å²) in [6, 6.07) is 0. The summed E-state index contributed by atoms with van der Waals surface area (Å²) in [7, 11) is 0. The van der Waals surface area contributed by atoms with Gasteiger partial charge in [-0.3, -0.25) is 4.79 Å². The zero-order chi connectivity index (χ0) is 10.3. The number of terminal acetylenes is 1. The van der Waals surface area contributed by atoms with Crippen molar-refractivity contribution in [2.75, 3.05) is 13.2 Å². The van der Waals surface area contributed by atoms with E-state index in [-0.39, 0.29) is 19.2 Å². The molecule has 0 aliphatic rings. The molecule has 0 radical (unpaired) electrons. The lowest BCUT2D eigenvalue weighted by molar-refractivity contribution is -0.141. The molecule has 0 heterocycles. The molecule has 2 unspecified atom stereocenters. The van der Waals surface area contributed by atoms with E-state index in [0.717, 1.165) is 0 Å². The van der Waals surface area contributed by atoms with Crippen molar-refractivity contribution in [1.29, 1.82) is 0 Å². The fourth-order valence-corrected chi connectivity index (χ4v) is 0.844. The lowest BCUT2D eigenvalue weighted by Gasteiger charge is -2.14. The maximum Gasteiger partial charge on any atom is 0.302 e. The number of hydrogen-bond donors (Lipinski definition) is 2. The summed E-state index contributed by atoms with van der Waals surface area (Å²) >= 11 is 0. The van der Waals surface area contributed by atoms with E-state index >= 15 is 0 Å². The largest absolute Gasteiger partial charge is 0.466 e. The van der Waals surface area contributed by atoms with Crippen LogP contribution in [0.2, 0.25) is 0 Å². The zero-order valence-corrected chi connectivity index (χ0v) is 7.56. The van der Waals surface area contributed by atoms with Crippen molar-refractivity contribution in [2.24, 2.45) is 5.92 Å². The Bertz CT molecular complexity index is 194. The van der Waals surface area contributed by atoms with Crippen LogP contribution in [0, 0.1) is 18.3 Å². The van der Waals surface area contributed by atoms with Crippen LogP contribution in [0.5, 0.6) is 0 Å². The summed E-state index contributed by atoms with van der Waals surface area (Å²) in [4.78, 5) is 10.4. The van der Waals surface area contributed by atoms with Crippen LogP contribution in [0.15, 0.2) is 0 Å². The molecule has 0 saturated heterocycles. The molecule has 4 nitrogen and oxygen atoms in total. The van der Waals surface area contributed by atoms with Crippen LogP contribution in [-0.2, 0) is 9.53 Å². The second-order valence-corrected chi connectivity index (χ2v) is 2.65. The summed E-state index contributed by atoms with van der Waals surface area (Å²) in [5, 5.41) is 17.7. The standard InChI is InChI=1S/C9H14O4/c1-3-8(9(12)6-10)4-5-13-7(2)11/h1,8-10,12H,4-6H2,2H3. The van der Waals surface area contributed by atoms with E-state index in [9.17, 15) is 4.79 Å². The third-order valence-corrected chi connectivity index (χ3v) is 1.60. The molecule has 2 atom stereocenters. The van der Waals surface area contributed by atoms with Gasteiger partial charge in [-0.1, -0.05) is 0 Å². The molecular formula is C9H14O4. The quantitative estimate of drug-likeness (QED) is 0.450. The predicted molar refractivity (Wildman–Crippen MR) is 46.7 cm³/mol. The highest BCUT2D eigenvalue weighted by atomic mass is 16.5. The lowest BCUT2D eigenvalue weighted by Crippen LogP contribution is -2.24. The van der Waals surface area contributed by atoms with Gasteiger partial charge in [0, 0.05) is 6.92 Å². The van der Waals surface area contributed by atoms with Crippen LogP contribution >= 0.6 is 0 Å². The molecule has 74 valence electrons. The highest BCUT2D eigenvalue weighted by Gasteiger charge is 2.15. The molecule has 0 aromatic heterocycles. The Morgan fingerprint density at radius 1 is 1.69 bits per heavy atom. The maximum absolute atomic E-state index is 10.4. The van der Waals surface area contributed by atoms with Crippen molar-refractivity contribution in [3.8, 4) is 12.3 Å². The van der Waals surface area contributed by atoms with Crippen LogP contribution in [0.3, 0.4) is 0 Å². The molecule has 0 aliphatic carbocycles. The van der Waals surface area contributed by atoms with Gasteiger partial charge in [0.1, 0.15) is 0 Å². The van der Waals surface area contributed by atoms with E-state index in [2.05, 4.69) is 10.7 Å². The van der Waals surface area contributed by atoms with Crippen molar-refractivity contribution >= 4 is 5.97 Å². The first-order chi connectivity index (χ1) is 6.11. The van der Waals surface area contributed by atoms with Gasteiger partial charge in [0.15, 0.2) is 0 Å². The first kappa shape index (κ1) is 11.9. The van der Waals surface area contributed by atoms with E-state index in [1.807, 2.05) is 0 Å². The normalized spacial score (nSPS) is 14.3. The van der Waals surface area contributed by atoms with Gasteiger partial charge in [-0.15, -0.1) is 12.3 Å². The first-order valence-electron chi connectivity index (χ1n) is 4.00. The summed E-state index contributed by atoms with van der Waals surface area (Å²) in [5.41, 5.74) is 0. The van der Waals surface area contributed by atoms with Crippen LogP contribution in [0.1, 0.15) is 13.3 Å². The number of ether oxygens (including phenoxy) is 1. The van der Waals surface area contributed by atoms with E-state index in [4.69, 9.17) is 16.6 Å². The van der Waals surface area contributed by atoms with E-state index in [0.29, 0.717) is 6.42 Å². The number of carbonyl (C=O) groups is 1. The average molecular weight is 186 g/mol. The Morgan fingerprint density at radius 2 is 2.31 bits per heavy atom. The Kier molecular flexibility index (Phi) is 5.94. The molecule has 0 aliphatic heterocycles. The summed E-state index contributed by atoms with van der Waals surface area (Å²) in [6.07, 6.45) is 4.52. The predicted octanol–water partition coefficient (Wildman–Crippen LogP) is -0.458. The third-order valence-electron chi connectivity index (χ3n) is 1.60. The van der Waals surface area contributed by atoms with E-state index < -0.39 is 12.0 Å². The molecule has 0 saturated carbocycles. The minimum atomic E-state index is -0.944. The molecule has 2 N–H and O–H groups in total. The fourth-order valence-electron chi connectivity index (χ4n) is 0.844.